The van der Waals surface area contributed by atoms with Crippen LogP contribution < -0.4 is 10.6 Å². The normalized spacial score (nSPS) is 20.5. The van der Waals surface area contributed by atoms with Crippen molar-refractivity contribution in [1.82, 2.24) is 10.6 Å². The summed E-state index contributed by atoms with van der Waals surface area (Å²) in [6.07, 6.45) is 48.3. The minimum atomic E-state index is -4.65. The van der Waals surface area contributed by atoms with E-state index in [0.717, 1.165) is 206 Å². The van der Waals surface area contributed by atoms with Gasteiger partial charge in [0, 0.05) is 19.5 Å². The molecule has 2 fully saturated rings. The van der Waals surface area contributed by atoms with E-state index in [1.165, 1.54) is 161 Å². The maximum atomic E-state index is 14.8. The van der Waals surface area contributed by atoms with E-state index < -0.39 is 161 Å². The summed E-state index contributed by atoms with van der Waals surface area (Å²) >= 11 is 0. The van der Waals surface area contributed by atoms with E-state index in [4.69, 9.17) is 37.7 Å². The molecule has 0 saturated carbocycles. The number of carbonyl (C=O) groups is 6. The van der Waals surface area contributed by atoms with Crippen LogP contribution in [0.25, 0.3) is 0 Å². The lowest BCUT2D eigenvalue weighted by atomic mass is 9.95. The summed E-state index contributed by atoms with van der Waals surface area (Å²) in [5.41, 5.74) is 0. The number of esters is 4. The molecule has 8 N–H and O–H groups in total. The number of amides is 2. The van der Waals surface area contributed by atoms with E-state index in [2.05, 4.69) is 52.2 Å². The number of ether oxygens (including phenoxy) is 7. The molecule has 0 aromatic heterocycles. The van der Waals surface area contributed by atoms with Gasteiger partial charge < -0.3 is 74.2 Å². The van der Waals surface area contributed by atoms with Crippen molar-refractivity contribution in [2.75, 3.05) is 19.9 Å². The minimum absolute atomic E-state index is 0.160. The molecule has 15 atom stereocenters. The van der Waals surface area contributed by atoms with Crippen molar-refractivity contribution < 1.29 is 101 Å². The van der Waals surface area contributed by atoms with E-state index in [9.17, 15) is 63.8 Å². The molecule has 23 nitrogen and oxygen atoms in total. The lowest BCUT2D eigenvalue weighted by molar-refractivity contribution is -0.297. The van der Waals surface area contributed by atoms with E-state index >= 15 is 0 Å². The zero-order valence-electron chi connectivity index (χ0n) is 80.7. The number of nitrogens with one attached hydrogen (secondary N) is 2. The molecule has 0 radical (unpaired) electrons. The van der Waals surface area contributed by atoms with E-state index in [1.807, 2.05) is 0 Å². The van der Waals surface area contributed by atoms with Crippen molar-refractivity contribution in [2.45, 2.75) is 590 Å². The molecule has 2 aliphatic heterocycles. The van der Waals surface area contributed by atoms with Gasteiger partial charge in [0.15, 0.2) is 24.8 Å². The van der Waals surface area contributed by atoms with Gasteiger partial charge in [-0.15, -0.1) is 0 Å². The number of aliphatic hydroxyl groups is 5. The average molecular weight is 1800 g/mol. The summed E-state index contributed by atoms with van der Waals surface area (Å²) in [7, 11) is -4.65. The maximum Gasteiger partial charge on any atom is 0.327 e. The summed E-state index contributed by atoms with van der Waals surface area (Å²) in [6.45, 7) is 12.4. The fraction of sp³-hybridized carbons (Fsp3) is 0.941. The number of rotatable bonds is 88. The molecule has 10 unspecified atom stereocenters. The van der Waals surface area contributed by atoms with Crippen LogP contribution in [0.5, 0.6) is 0 Å². The highest BCUT2D eigenvalue weighted by Crippen LogP contribution is 2.42. The molecule has 0 bridgehead atoms. The van der Waals surface area contributed by atoms with Gasteiger partial charge in [-0.1, -0.05) is 414 Å². The summed E-state index contributed by atoms with van der Waals surface area (Å²) < 4.78 is 63.0. The van der Waals surface area contributed by atoms with Crippen molar-refractivity contribution in [2.24, 2.45) is 0 Å². The van der Waals surface area contributed by atoms with E-state index in [1.54, 1.807) is 0 Å². The first-order valence-electron chi connectivity index (χ1n) is 52.2. The van der Waals surface area contributed by atoms with Gasteiger partial charge in [0.1, 0.15) is 48.7 Å². The molecule has 24 heteroatoms. The molecule has 2 saturated heterocycles. The molecule has 2 aliphatic rings. The Morgan fingerprint density at radius 3 is 0.928 bits per heavy atom. The van der Waals surface area contributed by atoms with Crippen LogP contribution in [0, 0.1) is 0 Å². The summed E-state index contributed by atoms with van der Waals surface area (Å²) in [5, 5.41) is 64.2. The van der Waals surface area contributed by atoms with Gasteiger partial charge in [0.2, 0.25) is 11.8 Å². The third-order valence-electron chi connectivity index (χ3n) is 25.2. The average Bonchev–Trinajstić information content (AvgIpc) is 0.784. The third-order valence-corrected chi connectivity index (χ3v) is 25.8. The van der Waals surface area contributed by atoms with Crippen LogP contribution in [0.2, 0.25) is 0 Å². The van der Waals surface area contributed by atoms with Crippen LogP contribution >= 0.6 is 7.60 Å². The smallest absolute Gasteiger partial charge is 0.327 e. The molecule has 2 rings (SSSR count). The fourth-order valence-corrected chi connectivity index (χ4v) is 18.0. The predicted molar refractivity (Wildman–Crippen MR) is 501 cm³/mol. The molecular formula is C101H191N2O21P. The minimum Gasteiger partial charge on any atom is -0.462 e. The van der Waals surface area contributed by atoms with Gasteiger partial charge in [0.25, 0.3) is 0 Å². The largest absolute Gasteiger partial charge is 0.462 e. The molecule has 0 aromatic rings. The first kappa shape index (κ1) is 118. The number of hydrogen-bond donors (Lipinski definition) is 8. The molecule has 125 heavy (non-hydrogen) atoms. The van der Waals surface area contributed by atoms with Crippen molar-refractivity contribution in [3.63, 3.8) is 0 Å². The van der Waals surface area contributed by atoms with Crippen LogP contribution in [0.15, 0.2) is 0 Å². The zero-order valence-corrected chi connectivity index (χ0v) is 81.6. The lowest BCUT2D eigenvalue weighted by Gasteiger charge is -2.46. The first-order chi connectivity index (χ1) is 60.6. The summed E-state index contributed by atoms with van der Waals surface area (Å²) in [4.78, 5) is 96.8. The van der Waals surface area contributed by atoms with Crippen molar-refractivity contribution in [1.29, 1.82) is 0 Å². The molecule has 736 valence electrons. The second kappa shape index (κ2) is 80.3. The predicted octanol–water partition coefficient (Wildman–Crippen LogP) is 23.5. The molecule has 0 spiro atoms. The van der Waals surface area contributed by atoms with Crippen molar-refractivity contribution in [3.05, 3.63) is 0 Å². The second-order valence-electron chi connectivity index (χ2n) is 37.4. The summed E-state index contributed by atoms with van der Waals surface area (Å²) in [6, 6.07) is -3.36. The molecule has 0 aromatic carbocycles. The Morgan fingerprint density at radius 1 is 0.336 bits per heavy atom. The Labute approximate surface area is 760 Å². The van der Waals surface area contributed by atoms with Gasteiger partial charge in [-0.05, 0) is 51.4 Å². The molecular weight excluding hydrogens is 1610 g/mol. The zero-order chi connectivity index (χ0) is 91.4. The number of carbonyl (C=O) groups excluding carboxylic acids is 6. The van der Waals surface area contributed by atoms with Gasteiger partial charge in [-0.2, -0.15) is 0 Å². The topological polar surface area (TPSA) is 339 Å². The molecule has 2 heterocycles. The summed E-state index contributed by atoms with van der Waals surface area (Å²) in [5.74, 6) is -4.28. The van der Waals surface area contributed by atoms with Crippen molar-refractivity contribution >= 4 is 43.3 Å². The third kappa shape index (κ3) is 64.2. The highest BCUT2D eigenvalue weighted by atomic mass is 31.2. The highest BCUT2D eigenvalue weighted by Gasteiger charge is 2.53. The van der Waals surface area contributed by atoms with E-state index in [-0.39, 0.29) is 25.7 Å². The quantitative estimate of drug-likeness (QED) is 0.0121. The number of aliphatic hydroxyl groups excluding tert-OH is 5. The Bertz CT molecular complexity index is 2620. The monoisotopic (exact) mass is 1800 g/mol. The lowest BCUT2D eigenvalue weighted by Crippen LogP contribution is -2.67. The molecule has 2 amide bonds. The Morgan fingerprint density at radius 2 is 0.600 bits per heavy atom. The van der Waals surface area contributed by atoms with Gasteiger partial charge in [-0.25, -0.2) is 0 Å². The fourth-order valence-electron chi connectivity index (χ4n) is 17.4. The van der Waals surface area contributed by atoms with E-state index in [0.29, 0.717) is 57.8 Å². The Balaban J connectivity index is 2.65. The van der Waals surface area contributed by atoms with Crippen LogP contribution in [-0.2, 0) is 71.0 Å². The van der Waals surface area contributed by atoms with Crippen LogP contribution in [-0.4, -0.2) is 172 Å². The van der Waals surface area contributed by atoms with Crippen LogP contribution in [0.4, 0.5) is 0 Å². The van der Waals surface area contributed by atoms with Crippen LogP contribution in [0.3, 0.4) is 0 Å². The van der Waals surface area contributed by atoms with Gasteiger partial charge >= 0.3 is 31.5 Å². The van der Waals surface area contributed by atoms with Crippen LogP contribution in [0.1, 0.15) is 504 Å². The SMILES string of the molecule is CCCCCCCCCCCCCCCC(=O)OC(CCCCCCCCCCC)CC(=O)NC1C(OP(C)(=O)O)OC(CO[C@@H]2OC(CO)[C@@H](O)[C@H](OC(=O)CC(CCCCCCCCCCC)OC(=O)CCCCCCCCCCCCCCC)C2NC(=O)CC(O)CCCCCCCCCCC)[C@@H](O)[C@@H]1OC(=O)CC(O)CCCCCCCCCCC. The standard InChI is InChI=1S/C101H191N2O21P/c1-8-14-20-26-32-38-40-42-44-50-56-62-68-74-90(109)118-84(72-66-60-54-48-36-30-24-18-12-5)78-89(108)103-95-99(122-92(111)77-83(106)71-65-59-53-47-35-29-23-17-11-4)97(114)87(121-101(95)124-125(7,115)116)81-117-100-94(102-88(107)76-82(105)70-64-58-52-46-34-28-22-16-10-3)98(96(113)86(80-104)120-100)123-93(112)79-85(73-67-61-55-49-37-31-25-19-13-6)119-91(110)75-69-63-57-51-45-43-41-39-33-27-21-15-9-2/h82-87,94-101,104-106,113-114H,8-81H2,1-7H3,(H,102,107)(H,103,108)(H,115,116)/t82?,83?,84?,85?,86?,87?,94?,95?,96-,97-,98-,99-,100-,101?/m1/s1. The Kier molecular flexibility index (Phi) is 75.6. The first-order valence-corrected chi connectivity index (χ1v) is 54.3. The molecule has 0 aliphatic carbocycles. The number of unbranched alkanes of at least 4 members (excludes halogenated alkanes) is 56. The second-order valence-corrected chi connectivity index (χ2v) is 39.2. The van der Waals surface area contributed by atoms with Gasteiger partial charge in [0.05, 0.1) is 51.1 Å². The maximum absolute atomic E-state index is 14.8. The van der Waals surface area contributed by atoms with Gasteiger partial charge in [-0.3, -0.25) is 37.9 Å². The highest BCUT2D eigenvalue weighted by molar-refractivity contribution is 7.51. The number of hydrogen-bond acceptors (Lipinski definition) is 20. The van der Waals surface area contributed by atoms with Crippen molar-refractivity contribution in [3.8, 4) is 0 Å². The Hall–Kier alpha value is -3.35.